The molecule has 1 aliphatic heterocycles. The van der Waals surface area contributed by atoms with Crippen molar-refractivity contribution in [3.8, 4) is 0 Å². The number of fused-ring (bicyclic) bond motifs is 1. The molecule has 2 aromatic rings. The molecule has 1 aromatic carbocycles. The van der Waals surface area contributed by atoms with E-state index in [9.17, 15) is 23.1 Å². The zero-order valence-corrected chi connectivity index (χ0v) is 12.8. The van der Waals surface area contributed by atoms with Crippen LogP contribution in [0.5, 0.6) is 0 Å². The van der Waals surface area contributed by atoms with Crippen LogP contribution in [0.25, 0.3) is 0 Å². The maximum atomic E-state index is 12.6. The Morgan fingerprint density at radius 3 is 2.83 bits per heavy atom. The maximum Gasteiger partial charge on any atom is 0.406 e. The predicted octanol–water partition coefficient (Wildman–Crippen LogP) is 3.10. The summed E-state index contributed by atoms with van der Waals surface area (Å²) in [5.41, 5.74) is 1.73. The number of hydrogen-bond donors (Lipinski definition) is 1. The molecule has 0 aliphatic carbocycles. The number of hydrogen-bond acceptors (Lipinski definition) is 3. The van der Waals surface area contributed by atoms with E-state index in [0.717, 1.165) is 22.2 Å². The van der Waals surface area contributed by atoms with Crippen molar-refractivity contribution in [1.29, 1.82) is 0 Å². The second-order valence-corrected chi connectivity index (χ2v) is 5.72. The molecule has 1 aliphatic rings. The average Bonchev–Trinajstić information content (AvgIpc) is 2.92. The largest absolute Gasteiger partial charge is 0.478 e. The Hall–Kier alpha value is -2.51. The van der Waals surface area contributed by atoms with Gasteiger partial charge in [-0.3, -0.25) is 0 Å². The summed E-state index contributed by atoms with van der Waals surface area (Å²) >= 11 is 0. The second kappa shape index (κ2) is 6.18. The first-order valence-electron chi connectivity index (χ1n) is 7.52. The van der Waals surface area contributed by atoms with Gasteiger partial charge in [0.15, 0.2) is 0 Å². The van der Waals surface area contributed by atoms with Gasteiger partial charge in [0.1, 0.15) is 12.4 Å². The molecule has 0 fully saturated rings. The molecule has 128 valence electrons. The highest BCUT2D eigenvalue weighted by molar-refractivity contribution is 5.91. The third-order valence-corrected chi connectivity index (χ3v) is 4.06. The Bertz CT molecular complexity index is 755. The molecule has 2 heterocycles. The number of alkyl halides is 3. The van der Waals surface area contributed by atoms with Gasteiger partial charge in [-0.1, -0.05) is 6.07 Å². The van der Waals surface area contributed by atoms with Gasteiger partial charge in [0.25, 0.3) is 0 Å². The highest BCUT2D eigenvalue weighted by Crippen LogP contribution is 2.31. The Kier molecular flexibility index (Phi) is 4.21. The lowest BCUT2D eigenvalue weighted by molar-refractivity contribution is -0.141. The number of carboxylic acid groups (broad SMARTS) is 1. The molecule has 8 heteroatoms. The summed E-state index contributed by atoms with van der Waals surface area (Å²) in [5, 5.41) is 9.30. The Morgan fingerprint density at radius 1 is 1.33 bits per heavy atom. The highest BCUT2D eigenvalue weighted by Gasteiger charge is 2.29. The van der Waals surface area contributed by atoms with Gasteiger partial charge in [-0.2, -0.15) is 13.2 Å². The number of imidazole rings is 1. The molecule has 0 unspecified atom stereocenters. The fourth-order valence-electron chi connectivity index (χ4n) is 3.06. The molecule has 0 saturated heterocycles. The number of carboxylic acids is 1. The second-order valence-electron chi connectivity index (χ2n) is 5.72. The van der Waals surface area contributed by atoms with Crippen molar-refractivity contribution in [2.45, 2.75) is 32.1 Å². The minimum atomic E-state index is -4.31. The normalized spacial score (nSPS) is 14.5. The third kappa shape index (κ3) is 3.37. The zero-order valence-electron chi connectivity index (χ0n) is 12.8. The molecule has 0 atom stereocenters. The number of rotatable bonds is 4. The van der Waals surface area contributed by atoms with Gasteiger partial charge in [-0.05, 0) is 30.5 Å². The van der Waals surface area contributed by atoms with Crippen molar-refractivity contribution in [3.63, 3.8) is 0 Å². The van der Waals surface area contributed by atoms with E-state index < -0.39 is 18.7 Å². The number of anilines is 1. The molecule has 0 bridgehead atoms. The van der Waals surface area contributed by atoms with Gasteiger partial charge in [-0.25, -0.2) is 9.78 Å². The van der Waals surface area contributed by atoms with E-state index in [2.05, 4.69) is 4.98 Å². The molecular formula is C16H16F3N3O2. The molecule has 0 saturated carbocycles. The standard InChI is InChI=1S/C16H16F3N3O2/c17-16(18,19)10-22-8-6-20-14(22)9-21-7-2-4-11-12(15(23)24)3-1-5-13(11)21/h1,3,5-6,8H,2,4,7,9-10H2,(H,23,24). The monoisotopic (exact) mass is 339 g/mol. The van der Waals surface area contributed by atoms with Crippen molar-refractivity contribution < 1.29 is 23.1 Å². The fourth-order valence-corrected chi connectivity index (χ4v) is 3.06. The summed E-state index contributed by atoms with van der Waals surface area (Å²) in [6.45, 7) is -0.230. The molecule has 0 amide bonds. The topological polar surface area (TPSA) is 58.4 Å². The van der Waals surface area contributed by atoms with E-state index in [4.69, 9.17) is 0 Å². The lowest BCUT2D eigenvalue weighted by Gasteiger charge is -2.32. The van der Waals surface area contributed by atoms with Crippen molar-refractivity contribution >= 4 is 11.7 Å². The molecule has 1 N–H and O–H groups in total. The molecule has 3 rings (SSSR count). The van der Waals surface area contributed by atoms with Crippen molar-refractivity contribution in [3.05, 3.63) is 47.5 Å². The van der Waals surface area contributed by atoms with E-state index in [0.29, 0.717) is 18.8 Å². The first-order chi connectivity index (χ1) is 11.3. The van der Waals surface area contributed by atoms with Crippen LogP contribution < -0.4 is 4.90 Å². The van der Waals surface area contributed by atoms with Crippen LogP contribution in [-0.4, -0.2) is 33.3 Å². The average molecular weight is 339 g/mol. The van der Waals surface area contributed by atoms with Gasteiger partial charge >= 0.3 is 12.1 Å². The van der Waals surface area contributed by atoms with Crippen LogP contribution in [0.1, 0.15) is 28.2 Å². The number of nitrogens with zero attached hydrogens (tertiary/aromatic N) is 3. The first kappa shape index (κ1) is 16.4. The molecule has 1 aromatic heterocycles. The summed E-state index contributed by atoms with van der Waals surface area (Å²) in [5.74, 6) is -0.687. The summed E-state index contributed by atoms with van der Waals surface area (Å²) < 4.78 is 39.0. The van der Waals surface area contributed by atoms with Crippen LogP contribution in [0.4, 0.5) is 18.9 Å². The third-order valence-electron chi connectivity index (χ3n) is 4.06. The first-order valence-corrected chi connectivity index (χ1v) is 7.52. The number of carbonyl (C=O) groups is 1. The van der Waals surface area contributed by atoms with Crippen LogP contribution in [0, 0.1) is 0 Å². The smallest absolute Gasteiger partial charge is 0.406 e. The molecule has 0 spiro atoms. The number of aromatic carboxylic acids is 1. The summed E-state index contributed by atoms with van der Waals surface area (Å²) in [4.78, 5) is 17.3. The minimum absolute atomic E-state index is 0.207. The van der Waals surface area contributed by atoms with E-state index in [-0.39, 0.29) is 12.1 Å². The van der Waals surface area contributed by atoms with Gasteiger partial charge in [0.2, 0.25) is 0 Å². The van der Waals surface area contributed by atoms with Crippen molar-refractivity contribution in [2.75, 3.05) is 11.4 Å². The van der Waals surface area contributed by atoms with Crippen LogP contribution >= 0.6 is 0 Å². The fraction of sp³-hybridized carbons (Fsp3) is 0.375. The molecule has 24 heavy (non-hydrogen) atoms. The van der Waals surface area contributed by atoms with Crippen molar-refractivity contribution in [2.24, 2.45) is 0 Å². The van der Waals surface area contributed by atoms with Gasteiger partial charge < -0.3 is 14.6 Å². The predicted molar refractivity (Wildman–Crippen MR) is 81.1 cm³/mol. The number of halogens is 3. The lowest BCUT2D eigenvalue weighted by Crippen LogP contribution is -2.31. The molecular weight excluding hydrogens is 323 g/mol. The van der Waals surface area contributed by atoms with E-state index >= 15 is 0 Å². The SMILES string of the molecule is O=C(O)c1cccc2c1CCCN2Cc1nccn1CC(F)(F)F. The van der Waals surface area contributed by atoms with Crippen LogP contribution in [0.2, 0.25) is 0 Å². The minimum Gasteiger partial charge on any atom is -0.478 e. The number of aromatic nitrogens is 2. The van der Waals surface area contributed by atoms with E-state index in [1.165, 1.54) is 12.4 Å². The Morgan fingerprint density at radius 2 is 2.12 bits per heavy atom. The van der Waals surface area contributed by atoms with Crippen LogP contribution in [-0.2, 0) is 19.5 Å². The van der Waals surface area contributed by atoms with Crippen LogP contribution in [0.15, 0.2) is 30.6 Å². The lowest BCUT2D eigenvalue weighted by atomic mass is 9.96. The summed E-state index contributed by atoms with van der Waals surface area (Å²) in [6.07, 6.45) is -0.269. The Balaban J connectivity index is 1.88. The van der Waals surface area contributed by atoms with E-state index in [1.807, 2.05) is 4.90 Å². The van der Waals surface area contributed by atoms with Gasteiger partial charge in [0.05, 0.1) is 12.1 Å². The maximum absolute atomic E-state index is 12.6. The molecule has 5 nitrogen and oxygen atoms in total. The van der Waals surface area contributed by atoms with Crippen molar-refractivity contribution in [1.82, 2.24) is 9.55 Å². The quantitative estimate of drug-likeness (QED) is 0.930. The highest BCUT2D eigenvalue weighted by atomic mass is 19.4. The Labute approximate surface area is 136 Å². The summed E-state index contributed by atoms with van der Waals surface area (Å²) in [7, 11) is 0. The number of benzene rings is 1. The van der Waals surface area contributed by atoms with Gasteiger partial charge in [-0.15, -0.1) is 0 Å². The van der Waals surface area contributed by atoms with Crippen LogP contribution in [0.3, 0.4) is 0 Å². The summed E-state index contributed by atoms with van der Waals surface area (Å²) in [6, 6.07) is 5.01. The molecule has 0 radical (unpaired) electrons. The zero-order chi connectivity index (χ0) is 17.3. The van der Waals surface area contributed by atoms with Gasteiger partial charge in [0, 0.05) is 24.6 Å². The van der Waals surface area contributed by atoms with E-state index in [1.54, 1.807) is 18.2 Å².